The van der Waals surface area contributed by atoms with E-state index >= 15 is 0 Å². The smallest absolute Gasteiger partial charge is 0.0116 e. The molecule has 0 fully saturated rings. The van der Waals surface area contributed by atoms with Crippen LogP contribution in [0.4, 0.5) is 0 Å². The zero-order valence-electron chi connectivity index (χ0n) is 8.67. The van der Waals surface area contributed by atoms with Crippen LogP contribution in [0.1, 0.15) is 23.6 Å². The molecule has 0 nitrogen and oxygen atoms in total. The van der Waals surface area contributed by atoms with Crippen molar-refractivity contribution < 1.29 is 0 Å². The van der Waals surface area contributed by atoms with E-state index in [0.717, 1.165) is 11.1 Å². The van der Waals surface area contributed by atoms with Crippen molar-refractivity contribution in [2.45, 2.75) is 13.8 Å². The second-order valence-corrected chi connectivity index (χ2v) is 3.35. The average Bonchev–Trinajstić information content (AvgIpc) is 2.15. The molecule has 0 aliphatic carbocycles. The molecule has 0 unspecified atom stereocenters. The average molecular weight is 182 g/mol. The summed E-state index contributed by atoms with van der Waals surface area (Å²) in [5.74, 6) is 2.48. The maximum atomic E-state index is 5.15. The van der Waals surface area contributed by atoms with Gasteiger partial charge in [-0.25, -0.2) is 0 Å². The van der Waals surface area contributed by atoms with E-state index in [1.807, 2.05) is 13.0 Å². The third-order valence-corrected chi connectivity index (χ3v) is 2.12. The molecule has 1 rings (SSSR count). The molecule has 0 radical (unpaired) electrons. The molecule has 0 aliphatic heterocycles. The lowest BCUT2D eigenvalue weighted by Gasteiger charge is -2.04. The van der Waals surface area contributed by atoms with E-state index in [-0.39, 0.29) is 0 Å². The summed E-state index contributed by atoms with van der Waals surface area (Å²) in [5, 5.41) is 0. The molecule has 0 saturated heterocycles. The van der Waals surface area contributed by atoms with Crippen molar-refractivity contribution >= 4 is 11.6 Å². The molecule has 0 aromatic heterocycles. The number of allylic oxidation sites excluding steroid dienone is 2. The number of aryl methyl sites for hydroxylation is 1. The van der Waals surface area contributed by atoms with Gasteiger partial charge in [-0.3, -0.25) is 0 Å². The molecular formula is C14H14. The summed E-state index contributed by atoms with van der Waals surface area (Å²) in [6.07, 6.45) is 8.81. The molecule has 0 atom stereocenters. The maximum absolute atomic E-state index is 5.15. The van der Waals surface area contributed by atoms with E-state index in [4.69, 9.17) is 6.42 Å². The molecule has 70 valence electrons. The summed E-state index contributed by atoms with van der Waals surface area (Å²) in [6, 6.07) is 6.25. The lowest BCUT2D eigenvalue weighted by molar-refractivity contribution is 1.41. The van der Waals surface area contributed by atoms with Gasteiger partial charge in [0, 0.05) is 0 Å². The molecule has 0 heterocycles. The standard InChI is InChI=1S/C14H14/c1-5-6-7-13-8-9-14(11(2)3)10-12(13)4/h1,6-10H,2H2,3-4H3/b7-6-. The van der Waals surface area contributed by atoms with Crippen molar-refractivity contribution in [3.8, 4) is 12.3 Å². The van der Waals surface area contributed by atoms with Crippen LogP contribution in [0.15, 0.2) is 30.9 Å². The lowest BCUT2D eigenvalue weighted by atomic mass is 10.0. The Morgan fingerprint density at radius 2 is 2.21 bits per heavy atom. The fraction of sp³-hybridized carbons (Fsp3) is 0.143. The van der Waals surface area contributed by atoms with Crippen LogP contribution in [0.5, 0.6) is 0 Å². The largest absolute Gasteiger partial charge is 0.115 e. The van der Waals surface area contributed by atoms with Crippen LogP contribution in [0, 0.1) is 19.3 Å². The Kier molecular flexibility index (Phi) is 3.31. The van der Waals surface area contributed by atoms with E-state index in [2.05, 4.69) is 37.6 Å². The van der Waals surface area contributed by atoms with Crippen LogP contribution >= 0.6 is 0 Å². The summed E-state index contributed by atoms with van der Waals surface area (Å²) in [4.78, 5) is 0. The zero-order chi connectivity index (χ0) is 10.6. The predicted octanol–water partition coefficient (Wildman–Crippen LogP) is 3.67. The number of rotatable bonds is 2. The first kappa shape index (κ1) is 10.3. The maximum Gasteiger partial charge on any atom is -0.0116 e. The molecular weight excluding hydrogens is 168 g/mol. The summed E-state index contributed by atoms with van der Waals surface area (Å²) < 4.78 is 0. The van der Waals surface area contributed by atoms with E-state index < -0.39 is 0 Å². The van der Waals surface area contributed by atoms with Gasteiger partial charge in [-0.05, 0) is 42.7 Å². The van der Waals surface area contributed by atoms with Gasteiger partial charge in [0.1, 0.15) is 0 Å². The van der Waals surface area contributed by atoms with E-state index in [1.54, 1.807) is 6.08 Å². The van der Waals surface area contributed by atoms with Crippen molar-refractivity contribution in [1.82, 2.24) is 0 Å². The van der Waals surface area contributed by atoms with Crippen LogP contribution < -0.4 is 0 Å². The Bertz CT molecular complexity index is 414. The Morgan fingerprint density at radius 1 is 1.50 bits per heavy atom. The first-order chi connectivity index (χ1) is 6.65. The van der Waals surface area contributed by atoms with Gasteiger partial charge in [0.15, 0.2) is 0 Å². The SMILES string of the molecule is C#C/C=C\c1ccc(C(=C)C)cc1C. The van der Waals surface area contributed by atoms with Gasteiger partial charge in [-0.2, -0.15) is 0 Å². The lowest BCUT2D eigenvalue weighted by Crippen LogP contribution is -1.84. The summed E-state index contributed by atoms with van der Waals surface area (Å²) in [6.45, 7) is 7.99. The minimum atomic E-state index is 1.08. The number of hydrogen-bond donors (Lipinski definition) is 0. The Balaban J connectivity index is 3.09. The molecule has 1 aromatic carbocycles. The third-order valence-electron chi connectivity index (χ3n) is 2.12. The van der Waals surface area contributed by atoms with Crippen molar-refractivity contribution in [2.24, 2.45) is 0 Å². The number of terminal acetylenes is 1. The fourth-order valence-corrected chi connectivity index (χ4v) is 1.27. The second-order valence-electron chi connectivity index (χ2n) is 3.35. The van der Waals surface area contributed by atoms with Crippen LogP contribution in [0.3, 0.4) is 0 Å². The van der Waals surface area contributed by atoms with E-state index in [0.29, 0.717) is 0 Å². The third kappa shape index (κ3) is 2.37. The number of benzene rings is 1. The van der Waals surface area contributed by atoms with Gasteiger partial charge in [0.2, 0.25) is 0 Å². The summed E-state index contributed by atoms with van der Waals surface area (Å²) >= 11 is 0. The first-order valence-corrected chi connectivity index (χ1v) is 4.54. The van der Waals surface area contributed by atoms with Crippen molar-refractivity contribution in [3.05, 3.63) is 47.5 Å². The molecule has 0 spiro atoms. The Labute approximate surface area is 86.0 Å². The molecule has 14 heavy (non-hydrogen) atoms. The fourth-order valence-electron chi connectivity index (χ4n) is 1.27. The van der Waals surface area contributed by atoms with Gasteiger partial charge >= 0.3 is 0 Å². The molecule has 0 heteroatoms. The highest BCUT2D eigenvalue weighted by atomic mass is 14.0. The molecule has 0 amide bonds. The van der Waals surface area contributed by atoms with Gasteiger partial charge in [-0.1, -0.05) is 36.3 Å². The van der Waals surface area contributed by atoms with Gasteiger partial charge in [0.25, 0.3) is 0 Å². The topological polar surface area (TPSA) is 0 Å². The normalized spacial score (nSPS) is 10.1. The monoisotopic (exact) mass is 182 g/mol. The molecule has 0 N–H and O–H groups in total. The van der Waals surface area contributed by atoms with Crippen LogP contribution in [-0.2, 0) is 0 Å². The Hall–Kier alpha value is -1.74. The predicted molar refractivity (Wildman–Crippen MR) is 63.8 cm³/mol. The first-order valence-electron chi connectivity index (χ1n) is 4.54. The van der Waals surface area contributed by atoms with E-state index in [1.165, 1.54) is 11.1 Å². The quantitative estimate of drug-likeness (QED) is 0.612. The van der Waals surface area contributed by atoms with Gasteiger partial charge in [-0.15, -0.1) is 6.42 Å². The van der Waals surface area contributed by atoms with Crippen molar-refractivity contribution in [3.63, 3.8) is 0 Å². The molecule has 0 aliphatic rings. The summed E-state index contributed by atoms with van der Waals surface area (Å²) in [5.41, 5.74) is 4.64. The summed E-state index contributed by atoms with van der Waals surface area (Å²) in [7, 11) is 0. The van der Waals surface area contributed by atoms with Crippen LogP contribution in [0.2, 0.25) is 0 Å². The van der Waals surface area contributed by atoms with Gasteiger partial charge < -0.3 is 0 Å². The highest BCUT2D eigenvalue weighted by Gasteiger charge is 1.97. The van der Waals surface area contributed by atoms with Crippen LogP contribution in [-0.4, -0.2) is 0 Å². The number of hydrogen-bond acceptors (Lipinski definition) is 0. The molecule has 0 bridgehead atoms. The molecule has 1 aromatic rings. The van der Waals surface area contributed by atoms with Crippen LogP contribution in [0.25, 0.3) is 11.6 Å². The molecule has 0 saturated carbocycles. The van der Waals surface area contributed by atoms with Gasteiger partial charge in [0.05, 0.1) is 0 Å². The highest BCUT2D eigenvalue weighted by Crippen LogP contribution is 2.17. The highest BCUT2D eigenvalue weighted by molar-refractivity contribution is 5.65. The van der Waals surface area contributed by atoms with E-state index in [9.17, 15) is 0 Å². The zero-order valence-corrected chi connectivity index (χ0v) is 8.67. The minimum absolute atomic E-state index is 1.08. The van der Waals surface area contributed by atoms with Crippen molar-refractivity contribution in [1.29, 1.82) is 0 Å². The van der Waals surface area contributed by atoms with Crippen molar-refractivity contribution in [2.75, 3.05) is 0 Å². The Morgan fingerprint density at radius 3 is 2.71 bits per heavy atom. The second kappa shape index (κ2) is 4.48. The minimum Gasteiger partial charge on any atom is -0.115 e.